The topological polar surface area (TPSA) is 92.5 Å². The third-order valence-corrected chi connectivity index (χ3v) is 4.42. The first-order valence-electron chi connectivity index (χ1n) is 6.08. The molecule has 1 aromatic heterocycles. The van der Waals surface area contributed by atoms with Gasteiger partial charge in [-0.3, -0.25) is 19.7 Å². The van der Waals surface area contributed by atoms with Gasteiger partial charge in [-0.25, -0.2) is 0 Å². The molecule has 1 unspecified atom stereocenters. The fourth-order valence-electron chi connectivity index (χ4n) is 2.56. The number of anilines is 1. The van der Waals surface area contributed by atoms with E-state index in [1.165, 1.54) is 16.2 Å². The fraction of sp³-hybridized carbons (Fsp3) is 0.417. The predicted octanol–water partition coefficient (Wildman–Crippen LogP) is 0.481. The predicted molar refractivity (Wildman–Crippen MR) is 69.4 cm³/mol. The van der Waals surface area contributed by atoms with E-state index in [2.05, 4.69) is 5.32 Å². The summed E-state index contributed by atoms with van der Waals surface area (Å²) in [6.07, 6.45) is 1.44. The Morgan fingerprint density at radius 1 is 1.37 bits per heavy atom. The van der Waals surface area contributed by atoms with Gasteiger partial charge in [0, 0.05) is 17.4 Å². The van der Waals surface area contributed by atoms with Crippen LogP contribution >= 0.6 is 11.3 Å². The number of carbonyl (C=O) groups excluding carboxylic acids is 3. The number of nitrogen functional groups attached to an aromatic ring is 1. The Bertz CT molecular complexity index is 581. The molecule has 0 bridgehead atoms. The van der Waals surface area contributed by atoms with Crippen molar-refractivity contribution in [3.8, 4) is 0 Å². The fourth-order valence-corrected chi connectivity index (χ4v) is 3.36. The zero-order valence-corrected chi connectivity index (χ0v) is 11.0. The number of imide groups is 1. The summed E-state index contributed by atoms with van der Waals surface area (Å²) >= 11 is 1.34. The van der Waals surface area contributed by atoms with Gasteiger partial charge in [0.05, 0.1) is 17.1 Å². The number of fused-ring (bicyclic) bond motifs is 1. The molecule has 1 aromatic rings. The van der Waals surface area contributed by atoms with Crippen molar-refractivity contribution in [2.24, 2.45) is 0 Å². The minimum atomic E-state index is -0.573. The van der Waals surface area contributed by atoms with Gasteiger partial charge >= 0.3 is 0 Å². The third kappa shape index (κ3) is 1.90. The lowest BCUT2D eigenvalue weighted by Crippen LogP contribution is -2.47. The highest BCUT2D eigenvalue weighted by Gasteiger charge is 2.39. The van der Waals surface area contributed by atoms with Crippen LogP contribution in [0.15, 0.2) is 5.38 Å². The minimum absolute atomic E-state index is 0.169. The Kier molecular flexibility index (Phi) is 2.78. The normalized spacial score (nSPS) is 23.3. The Labute approximate surface area is 113 Å². The second-order valence-electron chi connectivity index (χ2n) is 4.75. The average Bonchev–Trinajstić information content (AvgIpc) is 2.81. The first-order chi connectivity index (χ1) is 9.08. The van der Waals surface area contributed by atoms with Crippen LogP contribution < -0.4 is 11.1 Å². The molecule has 19 heavy (non-hydrogen) atoms. The quantitative estimate of drug-likeness (QED) is 0.731. The van der Waals surface area contributed by atoms with Crippen molar-refractivity contribution in [3.63, 3.8) is 0 Å². The highest BCUT2D eigenvalue weighted by molar-refractivity contribution is 7.14. The number of nitrogens with two attached hydrogens (primary N) is 1. The van der Waals surface area contributed by atoms with E-state index in [0.29, 0.717) is 36.4 Å². The summed E-state index contributed by atoms with van der Waals surface area (Å²) in [7, 11) is 0. The van der Waals surface area contributed by atoms with Gasteiger partial charge in [-0.05, 0) is 12.8 Å². The third-order valence-electron chi connectivity index (χ3n) is 3.57. The van der Waals surface area contributed by atoms with Gasteiger partial charge in [-0.15, -0.1) is 11.3 Å². The maximum Gasteiger partial charge on any atom is 0.256 e. The molecule has 3 N–H and O–H groups in total. The molecule has 0 aromatic carbocycles. The van der Waals surface area contributed by atoms with E-state index in [9.17, 15) is 14.4 Å². The molecule has 6 nitrogen and oxygen atoms in total. The lowest BCUT2D eigenvalue weighted by Gasteiger charge is -2.25. The number of carbonyl (C=O) groups is 3. The van der Waals surface area contributed by atoms with Crippen molar-refractivity contribution in [1.82, 2.24) is 10.2 Å². The van der Waals surface area contributed by atoms with Crippen LogP contribution in [-0.4, -0.2) is 28.7 Å². The van der Waals surface area contributed by atoms with E-state index in [-0.39, 0.29) is 17.7 Å². The van der Waals surface area contributed by atoms with Gasteiger partial charge in [-0.2, -0.15) is 0 Å². The molecule has 7 heteroatoms. The van der Waals surface area contributed by atoms with Crippen LogP contribution in [0.5, 0.6) is 0 Å². The first-order valence-corrected chi connectivity index (χ1v) is 6.96. The molecule has 1 fully saturated rings. The average molecular weight is 279 g/mol. The number of nitrogens with zero attached hydrogens (tertiary/aromatic N) is 1. The Morgan fingerprint density at radius 2 is 2.16 bits per heavy atom. The maximum atomic E-state index is 12.3. The molecular weight excluding hydrogens is 266 g/mol. The van der Waals surface area contributed by atoms with E-state index in [0.717, 1.165) is 5.56 Å². The summed E-state index contributed by atoms with van der Waals surface area (Å²) in [5.74, 6) is -0.825. The van der Waals surface area contributed by atoms with Gasteiger partial charge in [0.25, 0.3) is 5.91 Å². The van der Waals surface area contributed by atoms with Gasteiger partial charge in [0.2, 0.25) is 11.8 Å². The van der Waals surface area contributed by atoms with Crippen molar-refractivity contribution in [1.29, 1.82) is 0 Å². The van der Waals surface area contributed by atoms with Gasteiger partial charge in [0.15, 0.2) is 0 Å². The lowest BCUT2D eigenvalue weighted by molar-refractivity contribution is -0.132. The maximum absolute atomic E-state index is 12.3. The Hall–Kier alpha value is -1.89. The molecular formula is C12H13N3O3S. The highest BCUT2D eigenvalue weighted by Crippen LogP contribution is 2.34. The van der Waals surface area contributed by atoms with Crippen LogP contribution in [-0.2, 0) is 16.1 Å². The lowest BCUT2D eigenvalue weighted by atomic mass is 10.1. The smallest absolute Gasteiger partial charge is 0.256 e. The zero-order chi connectivity index (χ0) is 13.6. The zero-order valence-electron chi connectivity index (χ0n) is 10.1. The number of thiophene rings is 1. The monoisotopic (exact) mass is 279 g/mol. The minimum Gasteiger partial charge on any atom is -0.390 e. The van der Waals surface area contributed by atoms with Crippen LogP contribution in [0.3, 0.4) is 0 Å². The van der Waals surface area contributed by atoms with Crippen LogP contribution in [0.25, 0.3) is 0 Å². The number of hydrogen-bond donors (Lipinski definition) is 2. The molecule has 3 amide bonds. The van der Waals surface area contributed by atoms with Crippen molar-refractivity contribution in [3.05, 3.63) is 16.5 Å². The van der Waals surface area contributed by atoms with Crippen LogP contribution in [0, 0.1) is 0 Å². The summed E-state index contributed by atoms with van der Waals surface area (Å²) in [4.78, 5) is 37.0. The number of hydrogen-bond acceptors (Lipinski definition) is 5. The van der Waals surface area contributed by atoms with E-state index in [4.69, 9.17) is 5.73 Å². The first kappa shape index (κ1) is 12.2. The Morgan fingerprint density at radius 3 is 2.89 bits per heavy atom. The molecule has 0 aliphatic carbocycles. The summed E-state index contributed by atoms with van der Waals surface area (Å²) in [6.45, 7) is 0.357. The van der Waals surface area contributed by atoms with Crippen molar-refractivity contribution in [2.75, 3.05) is 5.73 Å². The molecule has 0 radical (unpaired) electrons. The highest BCUT2D eigenvalue weighted by atomic mass is 32.1. The van der Waals surface area contributed by atoms with Crippen LogP contribution in [0.4, 0.5) is 5.00 Å². The van der Waals surface area contributed by atoms with E-state index in [1.54, 1.807) is 5.38 Å². The largest absolute Gasteiger partial charge is 0.390 e. The summed E-state index contributed by atoms with van der Waals surface area (Å²) in [6, 6.07) is -0.573. The second kappa shape index (κ2) is 4.34. The van der Waals surface area contributed by atoms with Crippen LogP contribution in [0.1, 0.15) is 35.2 Å². The number of amides is 3. The molecule has 0 saturated carbocycles. The van der Waals surface area contributed by atoms with E-state index < -0.39 is 6.04 Å². The molecule has 2 aliphatic heterocycles. The summed E-state index contributed by atoms with van der Waals surface area (Å²) in [5.41, 5.74) is 7.21. The van der Waals surface area contributed by atoms with Crippen LogP contribution in [0.2, 0.25) is 0 Å². The second-order valence-corrected chi connectivity index (χ2v) is 5.66. The van der Waals surface area contributed by atoms with Crippen molar-refractivity contribution < 1.29 is 14.4 Å². The van der Waals surface area contributed by atoms with Gasteiger partial charge in [0.1, 0.15) is 6.04 Å². The standard InChI is InChI=1S/C12H13N3O3S/c13-10-6-4-15(12(18)7(6)5-19-10)8-2-1-3-9(16)14-11(8)17/h5,8H,1-4,13H2,(H,14,16,17). The Balaban J connectivity index is 1.86. The van der Waals surface area contributed by atoms with Crippen molar-refractivity contribution in [2.45, 2.75) is 31.8 Å². The van der Waals surface area contributed by atoms with E-state index in [1.807, 2.05) is 0 Å². The summed E-state index contributed by atoms with van der Waals surface area (Å²) < 4.78 is 0. The van der Waals surface area contributed by atoms with E-state index >= 15 is 0 Å². The SMILES string of the molecule is Nc1scc2c1CN(C1CCCC(=O)NC1=O)C2=O. The summed E-state index contributed by atoms with van der Waals surface area (Å²) in [5, 5.41) is 4.67. The molecule has 3 rings (SSSR count). The molecule has 100 valence electrons. The molecule has 2 aliphatic rings. The van der Waals surface area contributed by atoms with Gasteiger partial charge < -0.3 is 10.6 Å². The number of rotatable bonds is 1. The number of nitrogens with one attached hydrogen (secondary N) is 1. The molecule has 3 heterocycles. The van der Waals surface area contributed by atoms with Gasteiger partial charge in [-0.1, -0.05) is 0 Å². The molecule has 1 atom stereocenters. The molecule has 0 spiro atoms. The van der Waals surface area contributed by atoms with Crippen molar-refractivity contribution >= 4 is 34.1 Å². The molecule has 1 saturated heterocycles.